The van der Waals surface area contributed by atoms with Gasteiger partial charge in [-0.1, -0.05) is 0 Å². The van der Waals surface area contributed by atoms with Gasteiger partial charge in [-0.25, -0.2) is 14.2 Å². The lowest BCUT2D eigenvalue weighted by atomic mass is 10.2. The summed E-state index contributed by atoms with van der Waals surface area (Å²) in [7, 11) is 1.23. The standard InChI is InChI=1S/C9H7BrFNO3/c1-15-9-7(11)6(10)2-5(8(9)14)3-12-4-13/h2,14H,3H2,1H3. The van der Waals surface area contributed by atoms with Crippen molar-refractivity contribution in [2.24, 2.45) is 4.99 Å². The number of phenolic OH excluding ortho intramolecular Hbond substituents is 1. The summed E-state index contributed by atoms with van der Waals surface area (Å²) in [5.74, 6) is -1.34. The van der Waals surface area contributed by atoms with E-state index in [1.54, 1.807) is 0 Å². The molecule has 0 heterocycles. The second kappa shape index (κ2) is 4.91. The van der Waals surface area contributed by atoms with Crippen LogP contribution in [0, 0.1) is 5.82 Å². The molecule has 0 aliphatic rings. The molecule has 0 radical (unpaired) electrons. The van der Waals surface area contributed by atoms with E-state index in [9.17, 15) is 14.3 Å². The molecule has 0 aliphatic carbocycles. The Labute approximate surface area is 93.5 Å². The van der Waals surface area contributed by atoms with E-state index in [2.05, 4.69) is 25.7 Å². The molecular weight excluding hydrogens is 269 g/mol. The smallest absolute Gasteiger partial charge is 0.235 e. The normalized spacial score (nSPS) is 9.53. The number of halogens is 2. The van der Waals surface area contributed by atoms with Gasteiger partial charge in [-0.3, -0.25) is 0 Å². The van der Waals surface area contributed by atoms with Gasteiger partial charge < -0.3 is 9.84 Å². The largest absolute Gasteiger partial charge is 0.504 e. The highest BCUT2D eigenvalue weighted by atomic mass is 79.9. The number of methoxy groups -OCH3 is 1. The Balaban J connectivity index is 3.29. The summed E-state index contributed by atoms with van der Waals surface area (Å²) in [5, 5.41) is 9.55. The van der Waals surface area contributed by atoms with Crippen molar-refractivity contribution in [3.63, 3.8) is 0 Å². The molecule has 1 rings (SSSR count). The molecule has 15 heavy (non-hydrogen) atoms. The van der Waals surface area contributed by atoms with Crippen LogP contribution in [0.4, 0.5) is 4.39 Å². The molecule has 0 spiro atoms. The van der Waals surface area contributed by atoms with Crippen LogP contribution >= 0.6 is 15.9 Å². The number of benzene rings is 1. The first-order chi connectivity index (χ1) is 7.11. The Morgan fingerprint density at radius 3 is 2.93 bits per heavy atom. The number of carbonyl (C=O) groups excluding carboxylic acids is 1. The van der Waals surface area contributed by atoms with Crippen molar-refractivity contribution in [2.45, 2.75) is 6.54 Å². The molecule has 0 fully saturated rings. The van der Waals surface area contributed by atoms with Gasteiger partial charge in [-0.2, -0.15) is 0 Å². The molecule has 0 aliphatic heterocycles. The van der Waals surface area contributed by atoms with E-state index in [1.807, 2.05) is 0 Å². The minimum absolute atomic E-state index is 0.0788. The molecular formula is C9H7BrFNO3. The van der Waals surface area contributed by atoms with E-state index in [-0.39, 0.29) is 28.1 Å². The van der Waals surface area contributed by atoms with Gasteiger partial charge in [0.25, 0.3) is 0 Å². The Kier molecular flexibility index (Phi) is 3.82. The van der Waals surface area contributed by atoms with Crippen LogP contribution in [-0.2, 0) is 11.3 Å². The number of rotatable bonds is 3. The monoisotopic (exact) mass is 275 g/mol. The third-order valence-corrected chi connectivity index (χ3v) is 2.32. The summed E-state index contributed by atoms with van der Waals surface area (Å²) < 4.78 is 18.1. The fourth-order valence-corrected chi connectivity index (χ4v) is 1.52. The molecule has 0 aromatic heterocycles. The number of phenols is 1. The van der Waals surface area contributed by atoms with Crippen LogP contribution in [0.25, 0.3) is 0 Å². The number of aromatic hydroxyl groups is 1. The van der Waals surface area contributed by atoms with E-state index in [0.717, 1.165) is 0 Å². The van der Waals surface area contributed by atoms with Gasteiger partial charge in [0, 0.05) is 5.56 Å². The topological polar surface area (TPSA) is 58.9 Å². The summed E-state index contributed by atoms with van der Waals surface area (Å²) in [4.78, 5) is 13.2. The fourth-order valence-electron chi connectivity index (χ4n) is 1.07. The van der Waals surface area contributed by atoms with Crippen LogP contribution < -0.4 is 4.74 Å². The van der Waals surface area contributed by atoms with Crippen molar-refractivity contribution in [1.29, 1.82) is 0 Å². The average Bonchev–Trinajstić information content (AvgIpc) is 2.22. The zero-order chi connectivity index (χ0) is 11.4. The number of isocyanates is 1. The quantitative estimate of drug-likeness (QED) is 0.679. The zero-order valence-corrected chi connectivity index (χ0v) is 9.34. The third kappa shape index (κ3) is 2.34. The van der Waals surface area contributed by atoms with Crippen molar-refractivity contribution in [1.82, 2.24) is 0 Å². The summed E-state index contributed by atoms with van der Waals surface area (Å²) in [5.41, 5.74) is 0.281. The number of hydrogen-bond acceptors (Lipinski definition) is 4. The molecule has 0 atom stereocenters. The van der Waals surface area contributed by atoms with Crippen LogP contribution in [0.1, 0.15) is 5.56 Å². The van der Waals surface area contributed by atoms with E-state index in [1.165, 1.54) is 19.3 Å². The van der Waals surface area contributed by atoms with E-state index < -0.39 is 5.82 Å². The second-order valence-corrected chi connectivity index (χ2v) is 3.48. The Morgan fingerprint density at radius 1 is 1.73 bits per heavy atom. The highest BCUT2D eigenvalue weighted by Crippen LogP contribution is 2.37. The molecule has 0 unspecified atom stereocenters. The van der Waals surface area contributed by atoms with Crippen LogP contribution in [0.2, 0.25) is 0 Å². The second-order valence-electron chi connectivity index (χ2n) is 2.62. The predicted molar refractivity (Wildman–Crippen MR) is 54.1 cm³/mol. The first kappa shape index (κ1) is 11.7. The molecule has 0 saturated heterocycles. The maximum Gasteiger partial charge on any atom is 0.235 e. The van der Waals surface area contributed by atoms with Crippen LogP contribution in [0.15, 0.2) is 15.5 Å². The molecule has 0 amide bonds. The number of ether oxygens (including phenoxy) is 1. The highest BCUT2D eigenvalue weighted by molar-refractivity contribution is 9.10. The molecule has 6 heteroatoms. The van der Waals surface area contributed by atoms with E-state index in [4.69, 9.17) is 0 Å². The van der Waals surface area contributed by atoms with E-state index in [0.29, 0.717) is 0 Å². The summed E-state index contributed by atoms with van der Waals surface area (Å²) >= 11 is 2.96. The Bertz CT molecular complexity index is 430. The minimum Gasteiger partial charge on any atom is -0.504 e. The third-order valence-electron chi connectivity index (χ3n) is 1.75. The SMILES string of the molecule is COc1c(O)c(CN=C=O)cc(Br)c1F. The molecule has 0 bridgehead atoms. The maximum absolute atomic E-state index is 13.3. The van der Waals surface area contributed by atoms with Crippen molar-refractivity contribution in [3.05, 3.63) is 21.9 Å². The molecule has 80 valence electrons. The van der Waals surface area contributed by atoms with Gasteiger partial charge in [0.15, 0.2) is 17.3 Å². The van der Waals surface area contributed by atoms with Crippen LogP contribution in [0.3, 0.4) is 0 Å². The maximum atomic E-state index is 13.3. The van der Waals surface area contributed by atoms with Gasteiger partial charge in [-0.15, -0.1) is 0 Å². The van der Waals surface area contributed by atoms with Crippen molar-refractivity contribution in [2.75, 3.05) is 7.11 Å². The fraction of sp³-hybridized carbons (Fsp3) is 0.222. The van der Waals surface area contributed by atoms with Crippen molar-refractivity contribution in [3.8, 4) is 11.5 Å². The van der Waals surface area contributed by atoms with Crippen molar-refractivity contribution >= 4 is 22.0 Å². The molecule has 4 nitrogen and oxygen atoms in total. The average molecular weight is 276 g/mol. The first-order valence-electron chi connectivity index (χ1n) is 3.89. The Morgan fingerprint density at radius 2 is 2.40 bits per heavy atom. The number of aliphatic imine (C=N–C) groups is 1. The van der Waals surface area contributed by atoms with Gasteiger partial charge in [0.05, 0.1) is 18.1 Å². The zero-order valence-electron chi connectivity index (χ0n) is 7.75. The lowest BCUT2D eigenvalue weighted by molar-refractivity contribution is 0.347. The molecule has 0 saturated carbocycles. The lowest BCUT2D eigenvalue weighted by Crippen LogP contribution is -1.94. The van der Waals surface area contributed by atoms with Crippen LogP contribution in [-0.4, -0.2) is 18.3 Å². The number of hydrogen-bond donors (Lipinski definition) is 1. The van der Waals surface area contributed by atoms with Gasteiger partial charge in [-0.05, 0) is 22.0 Å². The van der Waals surface area contributed by atoms with E-state index >= 15 is 0 Å². The Hall–Kier alpha value is -1.39. The van der Waals surface area contributed by atoms with Gasteiger partial charge in [0.2, 0.25) is 6.08 Å². The lowest BCUT2D eigenvalue weighted by Gasteiger charge is -2.09. The summed E-state index contributed by atoms with van der Waals surface area (Å²) in [6, 6.07) is 1.33. The van der Waals surface area contributed by atoms with Gasteiger partial charge >= 0.3 is 0 Å². The number of nitrogens with zero attached hydrogens (tertiary/aromatic N) is 1. The van der Waals surface area contributed by atoms with Crippen LogP contribution in [0.5, 0.6) is 11.5 Å². The molecule has 1 aromatic rings. The van der Waals surface area contributed by atoms with Crippen molar-refractivity contribution < 1.29 is 19.0 Å². The van der Waals surface area contributed by atoms with Gasteiger partial charge in [0.1, 0.15) is 0 Å². The summed E-state index contributed by atoms with van der Waals surface area (Å²) in [6.07, 6.45) is 1.33. The highest BCUT2D eigenvalue weighted by Gasteiger charge is 2.16. The molecule has 1 aromatic carbocycles. The predicted octanol–water partition coefficient (Wildman–Crippen LogP) is 2.14. The first-order valence-corrected chi connectivity index (χ1v) is 4.68. The minimum atomic E-state index is -0.700. The summed E-state index contributed by atoms with van der Waals surface area (Å²) in [6.45, 7) is -0.0788. The molecule has 1 N–H and O–H groups in total.